The van der Waals surface area contributed by atoms with E-state index >= 15 is 0 Å². The molecule has 3 unspecified atom stereocenters. The van der Waals surface area contributed by atoms with Gasteiger partial charge in [-0.3, -0.25) is 4.79 Å². The zero-order valence-electron chi connectivity index (χ0n) is 33.8. The fourth-order valence-corrected chi connectivity index (χ4v) is 13.6. The molecule has 2 heterocycles. The smallest absolute Gasteiger partial charge is 0.315 e. The third-order valence-corrected chi connectivity index (χ3v) is 17.2. The molecule has 6 fully saturated rings. The van der Waals surface area contributed by atoms with Gasteiger partial charge in [-0.05, 0) is 109 Å². The molecule has 0 aromatic rings. The molecule has 314 valence electrons. The molecular formula is C42H68O13. The molecule has 8 N–H and O–H groups in total. The van der Waals surface area contributed by atoms with Crippen LogP contribution in [-0.4, -0.2) is 128 Å². The molecule has 0 aromatic heterocycles. The summed E-state index contributed by atoms with van der Waals surface area (Å²) < 4.78 is 23.9. The molecule has 13 nitrogen and oxygen atoms in total. The van der Waals surface area contributed by atoms with E-state index in [0.29, 0.717) is 18.8 Å². The van der Waals surface area contributed by atoms with E-state index in [1.165, 1.54) is 5.57 Å². The number of aliphatic hydroxyl groups is 8. The Hall–Kier alpha value is -1.23. The van der Waals surface area contributed by atoms with Crippen molar-refractivity contribution < 1.29 is 64.6 Å². The summed E-state index contributed by atoms with van der Waals surface area (Å²) in [6, 6.07) is 0. The second-order valence-electron chi connectivity index (χ2n) is 20.7. The highest BCUT2D eigenvalue weighted by atomic mass is 16.7. The summed E-state index contributed by atoms with van der Waals surface area (Å²) in [7, 11) is 0. The molecule has 0 amide bonds. The zero-order valence-corrected chi connectivity index (χ0v) is 33.8. The van der Waals surface area contributed by atoms with Gasteiger partial charge in [0, 0.05) is 0 Å². The molecule has 7 rings (SSSR count). The van der Waals surface area contributed by atoms with Crippen LogP contribution in [0.5, 0.6) is 0 Å². The van der Waals surface area contributed by atoms with Gasteiger partial charge in [-0.25, -0.2) is 0 Å². The molecule has 55 heavy (non-hydrogen) atoms. The van der Waals surface area contributed by atoms with Crippen LogP contribution in [0.25, 0.3) is 0 Å². The van der Waals surface area contributed by atoms with Crippen molar-refractivity contribution in [2.75, 3.05) is 13.2 Å². The topological polar surface area (TPSA) is 216 Å². The van der Waals surface area contributed by atoms with Gasteiger partial charge in [-0.1, -0.05) is 60.1 Å². The van der Waals surface area contributed by atoms with Crippen molar-refractivity contribution in [1.29, 1.82) is 0 Å². The third-order valence-electron chi connectivity index (χ3n) is 17.2. The standard InChI is InChI=1S/C42H68O13/c1-37(2)14-16-42(36(51)55-35-33(50)31(48)29(46)24(20-44)53-35)17-15-40(6)21(22(42)18-37)8-9-26-39(5)12-11-27(38(3,4)25(39)10-13-41(26,40)7)54-34-32(49)30(47)28(45)23(19-43)52-34/h8,22-35,43-50H,9-20H2,1-7H3/t22?,23-,24-,25?,26?,27-,28-,29-,30+,31+,32-,33-,34+,35+,39+,40-,41-,42+/m1/s1. The molecule has 2 saturated heterocycles. The Balaban J connectivity index is 1.16. The van der Waals surface area contributed by atoms with Crippen LogP contribution in [0.4, 0.5) is 0 Å². The number of aliphatic hydroxyl groups excluding tert-OH is 8. The second-order valence-corrected chi connectivity index (χ2v) is 20.7. The molecule has 0 bridgehead atoms. The van der Waals surface area contributed by atoms with Crippen LogP contribution in [0.15, 0.2) is 11.6 Å². The van der Waals surface area contributed by atoms with Gasteiger partial charge in [0.1, 0.15) is 48.8 Å². The van der Waals surface area contributed by atoms with E-state index in [1.54, 1.807) is 0 Å². The highest BCUT2D eigenvalue weighted by Gasteiger charge is 2.70. The highest BCUT2D eigenvalue weighted by molar-refractivity contribution is 5.79. The van der Waals surface area contributed by atoms with Crippen LogP contribution in [-0.2, 0) is 23.7 Å². The van der Waals surface area contributed by atoms with E-state index in [0.717, 1.165) is 51.4 Å². The lowest BCUT2D eigenvalue weighted by atomic mass is 9.33. The van der Waals surface area contributed by atoms with Crippen molar-refractivity contribution in [3.8, 4) is 0 Å². The largest absolute Gasteiger partial charge is 0.432 e. The van der Waals surface area contributed by atoms with E-state index < -0.39 is 86.0 Å². The monoisotopic (exact) mass is 780 g/mol. The zero-order chi connectivity index (χ0) is 40.3. The van der Waals surface area contributed by atoms with Gasteiger partial charge < -0.3 is 59.8 Å². The minimum absolute atomic E-state index is 0.0125. The van der Waals surface area contributed by atoms with Gasteiger partial charge >= 0.3 is 5.97 Å². The first-order chi connectivity index (χ1) is 25.6. The molecule has 0 aromatic carbocycles. The minimum atomic E-state index is -1.66. The Labute approximate surface area is 325 Å². The van der Waals surface area contributed by atoms with Crippen LogP contribution in [0.1, 0.15) is 113 Å². The number of carbonyl (C=O) groups excluding carboxylic acids is 1. The average Bonchev–Trinajstić information content (AvgIpc) is 3.13. The number of esters is 1. The summed E-state index contributed by atoms with van der Waals surface area (Å²) in [5, 5.41) is 82.7. The van der Waals surface area contributed by atoms with E-state index in [2.05, 4.69) is 54.5 Å². The Morgan fingerprint density at radius 2 is 1.29 bits per heavy atom. The lowest BCUT2D eigenvalue weighted by Gasteiger charge is -2.71. The van der Waals surface area contributed by atoms with Gasteiger partial charge in [0.05, 0.1) is 24.7 Å². The van der Waals surface area contributed by atoms with Crippen LogP contribution in [0, 0.1) is 50.2 Å². The maximum Gasteiger partial charge on any atom is 0.315 e. The van der Waals surface area contributed by atoms with Gasteiger partial charge in [0.15, 0.2) is 6.29 Å². The van der Waals surface area contributed by atoms with Crippen molar-refractivity contribution in [2.45, 2.75) is 180 Å². The predicted molar refractivity (Wildman–Crippen MR) is 198 cm³/mol. The summed E-state index contributed by atoms with van der Waals surface area (Å²) in [6.07, 6.45) is -3.82. The SMILES string of the molecule is CC1(C)CC[C@]2(C(=O)O[C@@H]3O[C@H](CO)[C@@H](O)[C@H](O)[C@H]3O)CC[C@]3(C)C(=CCC4[C@@]5(C)CC[C@@H](O[C@@H]6O[C@H](CO)[C@@H](O)[C@H](O)[C@H]6O)C(C)(C)C5CC[C@]43C)C2C1. The first-order valence-corrected chi connectivity index (χ1v) is 20.8. The number of carbonyl (C=O) groups is 1. The maximum atomic E-state index is 14.6. The summed E-state index contributed by atoms with van der Waals surface area (Å²) in [6.45, 7) is 15.2. The lowest BCUT2D eigenvalue weighted by Crippen LogP contribution is -2.66. The molecule has 0 spiro atoms. The molecule has 2 aliphatic heterocycles. The first kappa shape index (κ1) is 41.9. The van der Waals surface area contributed by atoms with Crippen molar-refractivity contribution in [1.82, 2.24) is 0 Å². The van der Waals surface area contributed by atoms with E-state index in [-0.39, 0.29) is 45.0 Å². The molecule has 5 aliphatic carbocycles. The fourth-order valence-electron chi connectivity index (χ4n) is 13.6. The Bertz CT molecular complexity index is 1480. The summed E-state index contributed by atoms with van der Waals surface area (Å²) in [5.41, 5.74) is -0.147. The molecule has 0 radical (unpaired) electrons. The summed E-state index contributed by atoms with van der Waals surface area (Å²) >= 11 is 0. The predicted octanol–water partition coefficient (Wildman–Crippen LogP) is 2.32. The Kier molecular flexibility index (Phi) is 10.8. The summed E-state index contributed by atoms with van der Waals surface area (Å²) in [4.78, 5) is 14.6. The second kappa shape index (κ2) is 14.2. The number of rotatable bonds is 6. The Morgan fingerprint density at radius 3 is 1.91 bits per heavy atom. The summed E-state index contributed by atoms with van der Waals surface area (Å²) in [5.74, 6) is 0.0905. The van der Waals surface area contributed by atoms with Crippen molar-refractivity contribution in [3.63, 3.8) is 0 Å². The first-order valence-electron chi connectivity index (χ1n) is 20.8. The van der Waals surface area contributed by atoms with Gasteiger partial charge in [-0.15, -0.1) is 0 Å². The van der Waals surface area contributed by atoms with Crippen LogP contribution >= 0.6 is 0 Å². The normalized spacial score (nSPS) is 53.1. The maximum absolute atomic E-state index is 14.6. The average molecular weight is 781 g/mol. The molecular weight excluding hydrogens is 712 g/mol. The van der Waals surface area contributed by atoms with E-state index in [4.69, 9.17) is 18.9 Å². The highest BCUT2D eigenvalue weighted by Crippen LogP contribution is 2.76. The van der Waals surface area contributed by atoms with Crippen LogP contribution in [0.2, 0.25) is 0 Å². The minimum Gasteiger partial charge on any atom is -0.432 e. The van der Waals surface area contributed by atoms with Gasteiger partial charge in [0.2, 0.25) is 6.29 Å². The van der Waals surface area contributed by atoms with Gasteiger partial charge in [0.25, 0.3) is 0 Å². The van der Waals surface area contributed by atoms with Gasteiger partial charge in [-0.2, -0.15) is 0 Å². The van der Waals surface area contributed by atoms with E-state index in [1.807, 2.05) is 0 Å². The molecule has 13 heteroatoms. The van der Waals surface area contributed by atoms with Crippen molar-refractivity contribution in [3.05, 3.63) is 11.6 Å². The number of allylic oxidation sites excluding steroid dienone is 2. The lowest BCUT2D eigenvalue weighted by molar-refractivity contribution is -0.330. The quantitative estimate of drug-likeness (QED) is 0.111. The fraction of sp³-hybridized carbons (Fsp3) is 0.929. The molecule has 18 atom stereocenters. The van der Waals surface area contributed by atoms with Crippen molar-refractivity contribution >= 4 is 5.97 Å². The number of hydrogen-bond acceptors (Lipinski definition) is 13. The molecule has 7 aliphatic rings. The Morgan fingerprint density at radius 1 is 0.709 bits per heavy atom. The third kappa shape index (κ3) is 6.23. The molecule has 4 saturated carbocycles. The van der Waals surface area contributed by atoms with Crippen LogP contribution in [0.3, 0.4) is 0 Å². The van der Waals surface area contributed by atoms with E-state index in [9.17, 15) is 45.6 Å². The van der Waals surface area contributed by atoms with Crippen LogP contribution < -0.4 is 0 Å². The number of hydrogen-bond donors (Lipinski definition) is 8. The number of fused-ring (bicyclic) bond motifs is 7. The van der Waals surface area contributed by atoms with Crippen molar-refractivity contribution in [2.24, 2.45) is 50.2 Å². The number of ether oxygens (including phenoxy) is 4.